The molecule has 0 spiro atoms. The topological polar surface area (TPSA) is 110 Å². The van der Waals surface area contributed by atoms with E-state index in [-0.39, 0.29) is 29.3 Å². The molecule has 0 aliphatic heterocycles. The molecule has 2 N–H and O–H groups in total. The number of imidazole rings is 1. The average Bonchev–Trinajstić information content (AvgIpc) is 3.60. The fourth-order valence-corrected chi connectivity index (χ4v) is 5.56. The average molecular weight is 559 g/mol. The highest BCUT2D eigenvalue weighted by Gasteiger charge is 2.25. The van der Waals surface area contributed by atoms with Crippen LogP contribution in [0.25, 0.3) is 16.9 Å². The predicted molar refractivity (Wildman–Crippen MR) is 152 cm³/mol. The van der Waals surface area contributed by atoms with Crippen LogP contribution in [-0.4, -0.2) is 35.9 Å². The second kappa shape index (κ2) is 10.8. The number of thiophene rings is 1. The zero-order valence-electron chi connectivity index (χ0n) is 21.3. The molecule has 5 rings (SSSR count). The fraction of sp³-hybridized carbons (Fsp3) is 0.138. The molecule has 3 aromatic heterocycles. The van der Waals surface area contributed by atoms with Gasteiger partial charge < -0.3 is 10.6 Å². The van der Waals surface area contributed by atoms with Gasteiger partial charge in [-0.05, 0) is 53.8 Å². The van der Waals surface area contributed by atoms with Gasteiger partial charge in [-0.2, -0.15) is 11.3 Å². The van der Waals surface area contributed by atoms with Crippen LogP contribution in [0.3, 0.4) is 0 Å². The maximum Gasteiger partial charge on any atom is 0.271 e. The summed E-state index contributed by atoms with van der Waals surface area (Å²) in [5.74, 6) is -0.664. The van der Waals surface area contributed by atoms with Crippen LogP contribution in [0.5, 0.6) is 0 Å². The van der Waals surface area contributed by atoms with Crippen molar-refractivity contribution >= 4 is 38.6 Å². The molecule has 2 amide bonds. The zero-order valence-corrected chi connectivity index (χ0v) is 22.9. The Morgan fingerprint density at radius 2 is 1.72 bits per heavy atom. The molecule has 0 unspecified atom stereocenters. The van der Waals surface area contributed by atoms with E-state index in [0.717, 1.165) is 22.9 Å². The van der Waals surface area contributed by atoms with Gasteiger partial charge in [-0.1, -0.05) is 42.5 Å². The first-order valence-electron chi connectivity index (χ1n) is 12.2. The van der Waals surface area contributed by atoms with E-state index in [1.807, 2.05) is 54.1 Å². The standard InChI is InChI=1S/C29H26N4O4S2/c1-19(21-7-4-3-5-8-21)31-29(35)26-25(22-14-16-38-18-22)32-27-24(9-6-15-33(26)27)28(34)30-17-20-10-12-23(13-11-20)39(2,36)37/h3-16,18-19H,17H2,1-2H3,(H,30,34)(H,31,35)/t19-/m1/s1. The van der Waals surface area contributed by atoms with E-state index in [2.05, 4.69) is 10.6 Å². The van der Waals surface area contributed by atoms with Crippen LogP contribution < -0.4 is 10.6 Å². The van der Waals surface area contributed by atoms with Crippen molar-refractivity contribution in [1.29, 1.82) is 0 Å². The van der Waals surface area contributed by atoms with Crippen LogP contribution in [0.15, 0.2) is 94.6 Å². The van der Waals surface area contributed by atoms with Crippen molar-refractivity contribution in [2.24, 2.45) is 0 Å². The molecule has 2 aromatic carbocycles. The zero-order chi connectivity index (χ0) is 27.6. The van der Waals surface area contributed by atoms with Gasteiger partial charge in [0, 0.05) is 29.9 Å². The second-order valence-corrected chi connectivity index (χ2v) is 11.9. The number of hydrogen-bond acceptors (Lipinski definition) is 6. The van der Waals surface area contributed by atoms with Crippen molar-refractivity contribution in [1.82, 2.24) is 20.0 Å². The normalized spacial score (nSPS) is 12.3. The maximum absolute atomic E-state index is 13.6. The largest absolute Gasteiger partial charge is 0.348 e. The number of pyridine rings is 1. The molecule has 8 nitrogen and oxygen atoms in total. The van der Waals surface area contributed by atoms with Gasteiger partial charge in [0.15, 0.2) is 15.5 Å². The van der Waals surface area contributed by atoms with Crippen molar-refractivity contribution in [3.63, 3.8) is 0 Å². The number of nitrogens with one attached hydrogen (secondary N) is 2. The summed E-state index contributed by atoms with van der Waals surface area (Å²) in [6.45, 7) is 2.12. The first-order valence-corrected chi connectivity index (χ1v) is 15.0. The van der Waals surface area contributed by atoms with E-state index in [4.69, 9.17) is 4.98 Å². The molecule has 198 valence electrons. The molecular formula is C29H26N4O4S2. The third-order valence-electron chi connectivity index (χ3n) is 6.36. The van der Waals surface area contributed by atoms with Gasteiger partial charge in [0.25, 0.3) is 11.8 Å². The summed E-state index contributed by atoms with van der Waals surface area (Å²) in [7, 11) is -3.30. The second-order valence-electron chi connectivity index (χ2n) is 9.14. The summed E-state index contributed by atoms with van der Waals surface area (Å²) >= 11 is 1.50. The molecule has 10 heteroatoms. The Morgan fingerprint density at radius 3 is 2.38 bits per heavy atom. The van der Waals surface area contributed by atoms with Crippen LogP contribution in [0.1, 0.15) is 44.9 Å². The van der Waals surface area contributed by atoms with E-state index in [9.17, 15) is 18.0 Å². The minimum atomic E-state index is -3.30. The molecule has 0 aliphatic rings. The summed E-state index contributed by atoms with van der Waals surface area (Å²) in [5.41, 5.74) is 4.03. The molecular weight excluding hydrogens is 532 g/mol. The Hall–Kier alpha value is -4.28. The lowest BCUT2D eigenvalue weighted by atomic mass is 10.1. The highest BCUT2D eigenvalue weighted by atomic mass is 32.2. The Labute approximate surface area is 230 Å². The highest BCUT2D eigenvalue weighted by Crippen LogP contribution is 2.28. The Balaban J connectivity index is 1.45. The molecule has 3 heterocycles. The van der Waals surface area contributed by atoms with Crippen molar-refractivity contribution in [2.75, 3.05) is 6.26 Å². The number of benzene rings is 2. The number of aromatic nitrogens is 2. The van der Waals surface area contributed by atoms with Gasteiger partial charge in [0.1, 0.15) is 11.4 Å². The molecule has 0 fully saturated rings. The van der Waals surface area contributed by atoms with E-state index < -0.39 is 9.84 Å². The van der Waals surface area contributed by atoms with Gasteiger partial charge in [0.2, 0.25) is 0 Å². The SMILES string of the molecule is C[C@@H](NC(=O)c1c(-c2ccsc2)nc2c(C(=O)NCc3ccc(S(C)(=O)=O)cc3)cccn12)c1ccccc1. The van der Waals surface area contributed by atoms with Crippen molar-refractivity contribution in [2.45, 2.75) is 24.4 Å². The quantitative estimate of drug-likeness (QED) is 0.282. The van der Waals surface area contributed by atoms with Crippen molar-refractivity contribution in [3.8, 4) is 11.3 Å². The van der Waals surface area contributed by atoms with Crippen molar-refractivity contribution < 1.29 is 18.0 Å². The number of hydrogen-bond donors (Lipinski definition) is 2. The lowest BCUT2D eigenvalue weighted by molar-refractivity contribution is 0.0929. The minimum absolute atomic E-state index is 0.198. The Bertz CT molecular complexity index is 1740. The van der Waals surface area contributed by atoms with Crippen LogP contribution in [0, 0.1) is 0 Å². The third kappa shape index (κ3) is 5.62. The molecule has 39 heavy (non-hydrogen) atoms. The number of nitrogens with zero attached hydrogens (tertiary/aromatic N) is 2. The number of amides is 2. The molecule has 5 aromatic rings. The number of carbonyl (C=O) groups excluding carboxylic acids is 2. The summed E-state index contributed by atoms with van der Waals surface area (Å²) in [6.07, 6.45) is 2.87. The summed E-state index contributed by atoms with van der Waals surface area (Å²) in [5, 5.41) is 9.76. The Kier molecular flexibility index (Phi) is 7.32. The predicted octanol–water partition coefficient (Wildman–Crippen LogP) is 4.89. The van der Waals surface area contributed by atoms with Crippen LogP contribution >= 0.6 is 11.3 Å². The smallest absolute Gasteiger partial charge is 0.271 e. The lowest BCUT2D eigenvalue weighted by Gasteiger charge is -2.15. The first kappa shape index (κ1) is 26.3. The van der Waals surface area contributed by atoms with Crippen LogP contribution in [0.2, 0.25) is 0 Å². The van der Waals surface area contributed by atoms with Gasteiger partial charge in [-0.3, -0.25) is 14.0 Å². The third-order valence-corrected chi connectivity index (χ3v) is 8.17. The fourth-order valence-electron chi connectivity index (χ4n) is 4.28. The monoisotopic (exact) mass is 558 g/mol. The van der Waals surface area contributed by atoms with E-state index in [1.165, 1.54) is 23.5 Å². The van der Waals surface area contributed by atoms with E-state index in [0.29, 0.717) is 22.6 Å². The molecule has 1 atom stereocenters. The molecule has 0 saturated carbocycles. The van der Waals surface area contributed by atoms with Crippen LogP contribution in [0.4, 0.5) is 0 Å². The number of sulfone groups is 1. The summed E-state index contributed by atoms with van der Waals surface area (Å²) < 4.78 is 25.1. The highest BCUT2D eigenvalue weighted by molar-refractivity contribution is 7.90. The Morgan fingerprint density at radius 1 is 0.974 bits per heavy atom. The lowest BCUT2D eigenvalue weighted by Crippen LogP contribution is -2.28. The number of rotatable bonds is 8. The molecule has 0 saturated heterocycles. The first-order chi connectivity index (χ1) is 18.7. The minimum Gasteiger partial charge on any atom is -0.348 e. The maximum atomic E-state index is 13.6. The molecule has 0 radical (unpaired) electrons. The number of fused-ring (bicyclic) bond motifs is 1. The summed E-state index contributed by atoms with van der Waals surface area (Å²) in [4.78, 5) is 31.8. The van der Waals surface area contributed by atoms with E-state index in [1.54, 1.807) is 34.9 Å². The van der Waals surface area contributed by atoms with Gasteiger partial charge in [0.05, 0.1) is 16.5 Å². The van der Waals surface area contributed by atoms with Gasteiger partial charge in [-0.25, -0.2) is 13.4 Å². The molecule has 0 aliphatic carbocycles. The van der Waals surface area contributed by atoms with Gasteiger partial charge >= 0.3 is 0 Å². The summed E-state index contributed by atoms with van der Waals surface area (Å²) in [6, 6.07) is 21.1. The van der Waals surface area contributed by atoms with Crippen molar-refractivity contribution in [3.05, 3.63) is 112 Å². The van der Waals surface area contributed by atoms with E-state index >= 15 is 0 Å². The molecule has 0 bridgehead atoms. The number of carbonyl (C=O) groups is 2. The van der Waals surface area contributed by atoms with Crippen LogP contribution in [-0.2, 0) is 16.4 Å². The van der Waals surface area contributed by atoms with Gasteiger partial charge in [-0.15, -0.1) is 0 Å².